The van der Waals surface area contributed by atoms with Crippen molar-refractivity contribution in [3.05, 3.63) is 11.9 Å². The topological polar surface area (TPSA) is 58.3 Å². The van der Waals surface area contributed by atoms with E-state index in [1.807, 2.05) is 28.1 Å². The summed E-state index contributed by atoms with van der Waals surface area (Å²) in [6.07, 6.45) is 0. The highest BCUT2D eigenvalue weighted by molar-refractivity contribution is 5.46. The number of nitrogens with zero attached hydrogens (tertiary/aromatic N) is 4. The Balaban J connectivity index is 2.68. The van der Waals surface area contributed by atoms with E-state index in [0.717, 1.165) is 18.9 Å². The summed E-state index contributed by atoms with van der Waals surface area (Å²) in [6.45, 7) is 3.75. The van der Waals surface area contributed by atoms with Crippen LogP contribution in [0.3, 0.4) is 0 Å². The molecule has 15 heavy (non-hydrogen) atoms. The standard InChI is InChI=1S/C10H19N5/c1-8-12-9(11)7-10(13-8)15(4)6-5-14(2)3/h7H,5-6H2,1-4H3,(H2,11,12,13). The Labute approximate surface area is 90.9 Å². The van der Waals surface area contributed by atoms with Crippen LogP contribution in [0.15, 0.2) is 6.07 Å². The lowest BCUT2D eigenvalue weighted by molar-refractivity contribution is 0.416. The second-order valence-electron chi connectivity index (χ2n) is 3.92. The molecule has 5 nitrogen and oxygen atoms in total. The molecule has 0 aliphatic carbocycles. The molecular weight excluding hydrogens is 190 g/mol. The average molecular weight is 209 g/mol. The summed E-state index contributed by atoms with van der Waals surface area (Å²) in [5.41, 5.74) is 5.66. The van der Waals surface area contributed by atoms with E-state index in [4.69, 9.17) is 5.73 Å². The summed E-state index contributed by atoms with van der Waals surface area (Å²) >= 11 is 0. The van der Waals surface area contributed by atoms with Crippen molar-refractivity contribution >= 4 is 11.6 Å². The summed E-state index contributed by atoms with van der Waals surface area (Å²) in [4.78, 5) is 12.6. The Morgan fingerprint density at radius 2 is 1.87 bits per heavy atom. The third kappa shape index (κ3) is 3.71. The van der Waals surface area contributed by atoms with Crippen LogP contribution in [0, 0.1) is 6.92 Å². The molecule has 1 rings (SSSR count). The molecule has 0 aliphatic heterocycles. The molecule has 1 aromatic rings. The largest absolute Gasteiger partial charge is 0.384 e. The summed E-state index contributed by atoms with van der Waals surface area (Å²) in [7, 11) is 6.10. The Morgan fingerprint density at radius 3 is 2.40 bits per heavy atom. The first kappa shape index (κ1) is 11.7. The Kier molecular flexibility index (Phi) is 3.85. The number of hydrogen-bond donors (Lipinski definition) is 1. The molecule has 1 aromatic heterocycles. The van der Waals surface area contributed by atoms with Gasteiger partial charge in [-0.2, -0.15) is 0 Å². The number of likely N-dealkylation sites (N-methyl/N-ethyl adjacent to an activating group) is 2. The van der Waals surface area contributed by atoms with Gasteiger partial charge in [0.15, 0.2) is 0 Å². The van der Waals surface area contributed by atoms with E-state index in [2.05, 4.69) is 19.8 Å². The van der Waals surface area contributed by atoms with Crippen molar-refractivity contribution in [2.75, 3.05) is 44.9 Å². The van der Waals surface area contributed by atoms with Gasteiger partial charge in [0.2, 0.25) is 0 Å². The van der Waals surface area contributed by atoms with E-state index in [1.54, 1.807) is 6.07 Å². The van der Waals surface area contributed by atoms with Gasteiger partial charge in [-0.15, -0.1) is 0 Å². The number of hydrogen-bond acceptors (Lipinski definition) is 5. The van der Waals surface area contributed by atoms with Gasteiger partial charge in [-0.25, -0.2) is 9.97 Å². The number of aryl methyl sites for hydroxylation is 1. The van der Waals surface area contributed by atoms with Crippen molar-refractivity contribution in [1.82, 2.24) is 14.9 Å². The van der Waals surface area contributed by atoms with Crippen LogP contribution in [-0.4, -0.2) is 49.1 Å². The molecule has 0 fully saturated rings. The third-order valence-electron chi connectivity index (χ3n) is 2.12. The summed E-state index contributed by atoms with van der Waals surface area (Å²) in [5, 5.41) is 0. The minimum atomic E-state index is 0.522. The van der Waals surface area contributed by atoms with Crippen molar-refractivity contribution in [3.8, 4) is 0 Å². The van der Waals surface area contributed by atoms with Gasteiger partial charge in [-0.1, -0.05) is 0 Å². The van der Waals surface area contributed by atoms with E-state index in [0.29, 0.717) is 11.6 Å². The Morgan fingerprint density at radius 1 is 1.20 bits per heavy atom. The van der Waals surface area contributed by atoms with Gasteiger partial charge < -0.3 is 15.5 Å². The number of anilines is 2. The molecule has 0 aromatic carbocycles. The molecule has 0 bridgehead atoms. The molecule has 5 heteroatoms. The maximum absolute atomic E-state index is 5.66. The van der Waals surface area contributed by atoms with Crippen molar-refractivity contribution in [2.45, 2.75) is 6.92 Å². The minimum absolute atomic E-state index is 0.522. The van der Waals surface area contributed by atoms with Gasteiger partial charge in [0, 0.05) is 26.2 Å². The number of aromatic nitrogens is 2. The normalized spacial score (nSPS) is 10.7. The molecule has 0 atom stereocenters. The molecule has 0 amide bonds. The van der Waals surface area contributed by atoms with Gasteiger partial charge in [-0.3, -0.25) is 0 Å². The lowest BCUT2D eigenvalue weighted by Crippen LogP contribution is -2.29. The van der Waals surface area contributed by atoms with Crippen molar-refractivity contribution < 1.29 is 0 Å². The summed E-state index contributed by atoms with van der Waals surface area (Å²) in [5.74, 6) is 2.11. The second kappa shape index (κ2) is 4.93. The molecule has 2 N–H and O–H groups in total. The van der Waals surface area contributed by atoms with Gasteiger partial charge in [0.05, 0.1) is 0 Å². The van der Waals surface area contributed by atoms with Gasteiger partial charge in [0.1, 0.15) is 17.5 Å². The maximum Gasteiger partial charge on any atom is 0.134 e. The first-order valence-electron chi connectivity index (χ1n) is 4.96. The van der Waals surface area contributed by atoms with Crippen LogP contribution < -0.4 is 10.6 Å². The zero-order valence-electron chi connectivity index (χ0n) is 9.86. The van der Waals surface area contributed by atoms with Crippen LogP contribution in [0.2, 0.25) is 0 Å². The number of rotatable bonds is 4. The summed E-state index contributed by atoms with van der Waals surface area (Å²) < 4.78 is 0. The molecule has 0 spiro atoms. The van der Waals surface area contributed by atoms with Crippen LogP contribution in [0.5, 0.6) is 0 Å². The van der Waals surface area contributed by atoms with Crippen molar-refractivity contribution in [2.24, 2.45) is 0 Å². The highest BCUT2D eigenvalue weighted by Gasteiger charge is 2.05. The zero-order chi connectivity index (χ0) is 11.4. The smallest absolute Gasteiger partial charge is 0.134 e. The Hall–Kier alpha value is -1.36. The molecular formula is C10H19N5. The fraction of sp³-hybridized carbons (Fsp3) is 0.600. The highest BCUT2D eigenvalue weighted by Crippen LogP contribution is 2.11. The quantitative estimate of drug-likeness (QED) is 0.776. The number of nitrogens with two attached hydrogens (primary N) is 1. The van der Waals surface area contributed by atoms with Gasteiger partial charge in [0.25, 0.3) is 0 Å². The van der Waals surface area contributed by atoms with Crippen LogP contribution in [0.4, 0.5) is 11.6 Å². The maximum atomic E-state index is 5.66. The van der Waals surface area contributed by atoms with Crippen LogP contribution in [-0.2, 0) is 0 Å². The Bertz CT molecular complexity index is 303. The third-order valence-corrected chi connectivity index (χ3v) is 2.12. The van der Waals surface area contributed by atoms with Gasteiger partial charge in [-0.05, 0) is 21.0 Å². The van der Waals surface area contributed by atoms with Crippen molar-refractivity contribution in [3.63, 3.8) is 0 Å². The summed E-state index contributed by atoms with van der Waals surface area (Å²) in [6, 6.07) is 1.79. The number of nitrogen functional groups attached to an aromatic ring is 1. The van der Waals surface area contributed by atoms with Gasteiger partial charge >= 0.3 is 0 Å². The molecule has 0 saturated carbocycles. The van der Waals surface area contributed by atoms with E-state index < -0.39 is 0 Å². The first-order valence-corrected chi connectivity index (χ1v) is 4.96. The fourth-order valence-electron chi connectivity index (χ4n) is 1.23. The molecule has 1 heterocycles. The first-order chi connectivity index (χ1) is 6.99. The highest BCUT2D eigenvalue weighted by atomic mass is 15.2. The van der Waals surface area contributed by atoms with E-state index in [-0.39, 0.29) is 0 Å². The van der Waals surface area contributed by atoms with Crippen LogP contribution in [0.25, 0.3) is 0 Å². The average Bonchev–Trinajstić information content (AvgIpc) is 2.12. The monoisotopic (exact) mass is 209 g/mol. The SMILES string of the molecule is Cc1nc(N)cc(N(C)CCN(C)C)n1. The molecule has 0 radical (unpaired) electrons. The molecule has 0 saturated heterocycles. The second-order valence-corrected chi connectivity index (χ2v) is 3.92. The molecule has 84 valence electrons. The minimum Gasteiger partial charge on any atom is -0.384 e. The molecule has 0 unspecified atom stereocenters. The van der Waals surface area contributed by atoms with E-state index >= 15 is 0 Å². The lowest BCUT2D eigenvalue weighted by atomic mass is 10.4. The molecule has 0 aliphatic rings. The predicted molar refractivity (Wildman–Crippen MR) is 63.0 cm³/mol. The van der Waals surface area contributed by atoms with E-state index in [1.165, 1.54) is 0 Å². The van der Waals surface area contributed by atoms with E-state index in [9.17, 15) is 0 Å². The van der Waals surface area contributed by atoms with Crippen LogP contribution in [0.1, 0.15) is 5.82 Å². The fourth-order valence-corrected chi connectivity index (χ4v) is 1.23. The lowest BCUT2D eigenvalue weighted by Gasteiger charge is -2.20. The predicted octanol–water partition coefficient (Wildman–Crippen LogP) is 0.365. The van der Waals surface area contributed by atoms with Crippen molar-refractivity contribution in [1.29, 1.82) is 0 Å². The van der Waals surface area contributed by atoms with Crippen LogP contribution >= 0.6 is 0 Å². The zero-order valence-corrected chi connectivity index (χ0v) is 9.86.